The molecule has 1 aromatic rings. The average molecular weight is 347 g/mol. The minimum absolute atomic E-state index is 0.00870. The summed E-state index contributed by atoms with van der Waals surface area (Å²) in [7, 11) is -3.07. The Balaban J connectivity index is 0.000000224. The number of alkyl halides is 3. The van der Waals surface area contributed by atoms with Crippen LogP contribution in [0.5, 0.6) is 5.88 Å². The van der Waals surface area contributed by atoms with Crippen LogP contribution in [0.25, 0.3) is 0 Å². The molecule has 0 bridgehead atoms. The summed E-state index contributed by atoms with van der Waals surface area (Å²) in [6.45, 7) is 0. The Morgan fingerprint density at radius 1 is 1.23 bits per heavy atom. The van der Waals surface area contributed by atoms with Crippen LogP contribution in [0.3, 0.4) is 0 Å². The summed E-state index contributed by atoms with van der Waals surface area (Å²) in [5.41, 5.74) is -1.18. The number of rotatable bonds is 1. The molecule has 11 heteroatoms. The Bertz CT molecular complexity index is 592. The number of aromatic nitrogens is 1. The molecule has 1 fully saturated rings. The largest absolute Gasteiger partial charge is 0.433 e. The summed E-state index contributed by atoms with van der Waals surface area (Å²) >= 11 is 0. The summed E-state index contributed by atoms with van der Waals surface area (Å²) in [5, 5.41) is 17.8. The molecule has 1 aliphatic heterocycles. The van der Waals surface area contributed by atoms with E-state index in [1.807, 2.05) is 0 Å². The van der Waals surface area contributed by atoms with E-state index in [9.17, 15) is 26.1 Å². The summed E-state index contributed by atoms with van der Waals surface area (Å²) in [6.07, 6.45) is -6.36. The van der Waals surface area contributed by atoms with E-state index in [0.29, 0.717) is 0 Å². The second-order valence-electron chi connectivity index (χ2n) is 4.47. The minimum atomic E-state index is -4.57. The molecule has 0 amide bonds. The van der Waals surface area contributed by atoms with Crippen molar-refractivity contribution >= 4 is 9.84 Å². The van der Waals surface area contributed by atoms with Gasteiger partial charge in [-0.2, -0.15) is 13.2 Å². The van der Waals surface area contributed by atoms with Crippen molar-refractivity contribution in [1.82, 2.24) is 4.98 Å². The molecule has 22 heavy (non-hydrogen) atoms. The Hall–Kier alpha value is -1.46. The molecule has 1 aliphatic rings. The SMILES string of the molecule is FOc1cccc(C(F)(F)F)n1.O=S1(=O)CCC(O)C(O)C1. The van der Waals surface area contributed by atoms with Crippen molar-refractivity contribution < 1.29 is 41.3 Å². The minimum Gasteiger partial charge on any atom is -0.390 e. The lowest BCUT2D eigenvalue weighted by Gasteiger charge is -2.22. The molecule has 2 atom stereocenters. The lowest BCUT2D eigenvalue weighted by molar-refractivity contribution is -0.142. The van der Waals surface area contributed by atoms with Gasteiger partial charge < -0.3 is 10.2 Å². The van der Waals surface area contributed by atoms with E-state index >= 15 is 0 Å². The number of sulfone groups is 1. The van der Waals surface area contributed by atoms with E-state index in [4.69, 9.17) is 10.2 Å². The average Bonchev–Trinajstić information content (AvgIpc) is 2.43. The highest BCUT2D eigenvalue weighted by atomic mass is 32.2. The van der Waals surface area contributed by atoms with Crippen LogP contribution in [0.1, 0.15) is 12.1 Å². The van der Waals surface area contributed by atoms with Gasteiger partial charge in [0.1, 0.15) is 5.69 Å². The Kier molecular flexibility index (Phi) is 6.08. The molecule has 1 saturated heterocycles. The van der Waals surface area contributed by atoms with Crippen molar-refractivity contribution in [1.29, 1.82) is 0 Å². The van der Waals surface area contributed by atoms with Gasteiger partial charge in [-0.15, -0.1) is 0 Å². The molecular weight excluding hydrogens is 334 g/mol. The fourth-order valence-electron chi connectivity index (χ4n) is 1.56. The number of aliphatic hydroxyl groups excluding tert-OH is 2. The fourth-order valence-corrected chi connectivity index (χ4v) is 3.07. The standard InChI is InChI=1S/C6H3F4NO.C5H10O4S/c7-6(8,9)4-2-1-3-5(11-4)12-10;6-4-1-2-10(8,9)3-5(4)7/h1-3H;4-7H,1-3H2. The van der Waals surface area contributed by atoms with Crippen molar-refractivity contribution in [3.8, 4) is 5.88 Å². The molecule has 2 heterocycles. The lowest BCUT2D eigenvalue weighted by atomic mass is 10.2. The molecule has 0 saturated carbocycles. The highest BCUT2D eigenvalue weighted by molar-refractivity contribution is 7.91. The molecule has 2 N–H and O–H groups in total. The molecule has 6 nitrogen and oxygen atoms in total. The molecule has 0 aliphatic carbocycles. The summed E-state index contributed by atoms with van der Waals surface area (Å²) < 4.78 is 68.4. The third-order valence-electron chi connectivity index (χ3n) is 2.69. The van der Waals surface area contributed by atoms with Crippen molar-refractivity contribution in [3.63, 3.8) is 0 Å². The maximum Gasteiger partial charge on any atom is 0.433 e. The monoisotopic (exact) mass is 347 g/mol. The Morgan fingerprint density at radius 2 is 1.86 bits per heavy atom. The lowest BCUT2D eigenvalue weighted by Crippen LogP contribution is -2.40. The molecule has 126 valence electrons. The highest BCUT2D eigenvalue weighted by Gasteiger charge is 2.32. The van der Waals surface area contributed by atoms with E-state index in [2.05, 4.69) is 9.93 Å². The Labute approximate surface area is 123 Å². The second kappa shape index (κ2) is 7.20. The number of aliphatic hydroxyl groups is 2. The van der Waals surface area contributed by atoms with Crippen LogP contribution >= 0.6 is 0 Å². The van der Waals surface area contributed by atoms with Gasteiger partial charge in [0.2, 0.25) is 0 Å². The number of pyridine rings is 1. The van der Waals surface area contributed by atoms with Crippen LogP contribution in [0.2, 0.25) is 0 Å². The predicted molar refractivity (Wildman–Crippen MR) is 66.3 cm³/mol. The first-order chi connectivity index (χ1) is 10.0. The summed E-state index contributed by atoms with van der Waals surface area (Å²) in [6, 6.07) is 2.71. The van der Waals surface area contributed by atoms with E-state index in [0.717, 1.165) is 18.2 Å². The fraction of sp³-hybridized carbons (Fsp3) is 0.545. The quantitative estimate of drug-likeness (QED) is 0.733. The van der Waals surface area contributed by atoms with E-state index in [1.54, 1.807) is 0 Å². The molecule has 0 radical (unpaired) electrons. The maximum atomic E-state index is 11.9. The van der Waals surface area contributed by atoms with Gasteiger partial charge in [0, 0.05) is 10.6 Å². The van der Waals surface area contributed by atoms with Crippen molar-refractivity contribution in [2.24, 2.45) is 0 Å². The van der Waals surface area contributed by atoms with Crippen molar-refractivity contribution in [2.75, 3.05) is 11.5 Å². The van der Waals surface area contributed by atoms with E-state index < -0.39 is 39.8 Å². The zero-order chi connectivity index (χ0) is 17.0. The summed E-state index contributed by atoms with van der Waals surface area (Å²) in [5.74, 6) is -1.01. The van der Waals surface area contributed by atoms with Gasteiger partial charge in [-0.1, -0.05) is 6.07 Å². The van der Waals surface area contributed by atoms with Gasteiger partial charge in [0.15, 0.2) is 9.84 Å². The van der Waals surface area contributed by atoms with Crippen LogP contribution in [0.4, 0.5) is 17.7 Å². The number of hydrogen-bond acceptors (Lipinski definition) is 6. The molecular formula is C11H13F4NO5S. The highest BCUT2D eigenvalue weighted by Crippen LogP contribution is 2.28. The molecule has 0 aromatic carbocycles. The van der Waals surface area contributed by atoms with Crippen LogP contribution in [-0.2, 0) is 16.0 Å². The van der Waals surface area contributed by atoms with Gasteiger partial charge in [-0.05, 0) is 12.5 Å². The number of hydrogen-bond donors (Lipinski definition) is 2. The number of nitrogens with zero attached hydrogens (tertiary/aromatic N) is 1. The maximum absolute atomic E-state index is 11.9. The van der Waals surface area contributed by atoms with E-state index in [1.165, 1.54) is 0 Å². The molecule has 0 spiro atoms. The molecule has 2 rings (SSSR count). The zero-order valence-electron chi connectivity index (χ0n) is 11.0. The van der Waals surface area contributed by atoms with Gasteiger partial charge in [0.25, 0.3) is 5.88 Å². The van der Waals surface area contributed by atoms with Gasteiger partial charge >= 0.3 is 6.18 Å². The molecule has 1 aromatic heterocycles. The summed E-state index contributed by atoms with van der Waals surface area (Å²) in [4.78, 5) is 5.88. The normalized spacial score (nSPS) is 24.1. The smallest absolute Gasteiger partial charge is 0.390 e. The third-order valence-corrected chi connectivity index (χ3v) is 4.39. The van der Waals surface area contributed by atoms with Crippen LogP contribution in [-0.4, -0.2) is 47.3 Å². The first-order valence-electron chi connectivity index (χ1n) is 5.94. The number of halogens is 4. The van der Waals surface area contributed by atoms with Crippen molar-refractivity contribution in [3.05, 3.63) is 23.9 Å². The van der Waals surface area contributed by atoms with Gasteiger partial charge in [0.05, 0.1) is 23.7 Å². The van der Waals surface area contributed by atoms with Crippen LogP contribution in [0.15, 0.2) is 18.2 Å². The van der Waals surface area contributed by atoms with Gasteiger partial charge in [-0.25, -0.2) is 13.4 Å². The van der Waals surface area contributed by atoms with Crippen LogP contribution in [0, 0.1) is 0 Å². The predicted octanol–water partition coefficient (Wildman–Crippen LogP) is 0.890. The first kappa shape index (κ1) is 18.6. The molecule has 2 unspecified atom stereocenters. The van der Waals surface area contributed by atoms with Crippen molar-refractivity contribution in [2.45, 2.75) is 24.8 Å². The topological polar surface area (TPSA) is 96.7 Å². The zero-order valence-corrected chi connectivity index (χ0v) is 11.8. The first-order valence-corrected chi connectivity index (χ1v) is 7.76. The second-order valence-corrected chi connectivity index (χ2v) is 6.70. The Morgan fingerprint density at radius 3 is 2.32 bits per heavy atom. The van der Waals surface area contributed by atoms with E-state index in [-0.39, 0.29) is 17.9 Å². The third kappa shape index (κ3) is 5.73. The van der Waals surface area contributed by atoms with Gasteiger partial charge in [-0.3, -0.25) is 4.94 Å². The van der Waals surface area contributed by atoms with Crippen LogP contribution < -0.4 is 4.94 Å².